The number of hydrogen-bond acceptors (Lipinski definition) is 3. The summed E-state index contributed by atoms with van der Waals surface area (Å²) in [5.41, 5.74) is 30.6. The molecule has 0 saturated carbocycles. The van der Waals surface area contributed by atoms with Gasteiger partial charge in [-0.05, 0) is 131 Å². The number of furan rings is 2. The maximum atomic E-state index is 7.18. The van der Waals surface area contributed by atoms with Crippen LogP contribution in [0.25, 0.3) is 122 Å². The summed E-state index contributed by atoms with van der Waals surface area (Å²) in [5.74, 6) is 0. The Morgan fingerprint density at radius 1 is 0.286 bits per heavy atom. The van der Waals surface area contributed by atoms with Crippen molar-refractivity contribution in [3.8, 4) is 77.9 Å². The average Bonchev–Trinajstić information content (AvgIpc) is 1.53. The molecule has 3 nitrogen and oxygen atoms in total. The standard InChI is InChI=1S/C81H59NO2/c1-79(2)64-45-51(41-43-58(64)69-66(79)47-62(77-71(69)60-34-19-22-39-67(60)83-77)56-32-17-16-31-53(56)48-25-10-7-11-26-48)82(76-54(49-27-12-8-13-28-49)36-24-37-55(76)50-29-14-9-15-30-50)52-42-44-59-65(46-52)81(5,6)75-73(59)78-72(61-35-20-23-40-68(61)84-78)70-57-33-18-21-38-63(57)80(3,4)74(70)75/h7-47H,1-6H3. The molecule has 3 heteroatoms. The minimum absolute atomic E-state index is 0.259. The summed E-state index contributed by atoms with van der Waals surface area (Å²) in [4.78, 5) is 2.58. The van der Waals surface area contributed by atoms with Gasteiger partial charge in [-0.2, -0.15) is 0 Å². The lowest BCUT2D eigenvalue weighted by molar-refractivity contribution is 0.600. The van der Waals surface area contributed by atoms with Gasteiger partial charge in [0, 0.05) is 71.4 Å². The summed E-state index contributed by atoms with van der Waals surface area (Å²) >= 11 is 0. The van der Waals surface area contributed by atoms with Gasteiger partial charge in [0.15, 0.2) is 0 Å². The fourth-order valence-corrected chi connectivity index (χ4v) is 15.6. The second-order valence-corrected chi connectivity index (χ2v) is 25.0. The maximum Gasteiger partial charge on any atom is 0.144 e. The van der Waals surface area contributed by atoms with Gasteiger partial charge in [0.25, 0.3) is 0 Å². The quantitative estimate of drug-likeness (QED) is 0.159. The number of fused-ring (bicyclic) bond motifs is 19. The van der Waals surface area contributed by atoms with Crippen LogP contribution in [0.1, 0.15) is 74.9 Å². The number of benzene rings is 12. The molecule has 0 unspecified atom stereocenters. The van der Waals surface area contributed by atoms with Crippen molar-refractivity contribution < 1.29 is 8.83 Å². The first-order valence-corrected chi connectivity index (χ1v) is 29.6. The Morgan fingerprint density at radius 2 is 0.714 bits per heavy atom. The number of rotatable bonds is 7. The van der Waals surface area contributed by atoms with Gasteiger partial charge >= 0.3 is 0 Å². The molecule has 14 aromatic rings. The SMILES string of the molecule is CC1(C)c2cc(N(c3ccc4c(c3)C(C)(C)c3c5c(c6c(oc7ccccc76)c3-4)-c3ccccc3C5(C)C)c3c(-c4ccccc4)cccc3-c3ccccc3)ccc2-c2c1cc(-c1ccccc1-c1ccccc1)c1oc3ccccc3c21. The van der Waals surface area contributed by atoms with Crippen molar-refractivity contribution in [2.45, 2.75) is 57.8 Å². The molecule has 2 heterocycles. The lowest BCUT2D eigenvalue weighted by Gasteiger charge is -2.33. The topological polar surface area (TPSA) is 29.5 Å². The monoisotopic (exact) mass is 1080 g/mol. The van der Waals surface area contributed by atoms with Crippen molar-refractivity contribution in [3.05, 3.63) is 282 Å². The molecule has 3 aliphatic carbocycles. The predicted molar refractivity (Wildman–Crippen MR) is 350 cm³/mol. The van der Waals surface area contributed by atoms with Gasteiger partial charge in [0.05, 0.1) is 5.69 Å². The third-order valence-corrected chi connectivity index (χ3v) is 19.4. The molecule has 400 valence electrons. The third kappa shape index (κ3) is 6.64. The molecular formula is C81H59NO2. The van der Waals surface area contributed by atoms with Crippen LogP contribution in [0.15, 0.2) is 258 Å². The van der Waals surface area contributed by atoms with Crippen LogP contribution in [0.4, 0.5) is 17.1 Å². The number of nitrogens with zero attached hydrogens (tertiary/aromatic N) is 1. The number of hydrogen-bond donors (Lipinski definition) is 0. The summed E-state index contributed by atoms with van der Waals surface area (Å²) in [7, 11) is 0. The van der Waals surface area contributed by atoms with Crippen molar-refractivity contribution >= 4 is 60.9 Å². The van der Waals surface area contributed by atoms with Crippen molar-refractivity contribution in [2.24, 2.45) is 0 Å². The highest BCUT2D eigenvalue weighted by Crippen LogP contribution is 2.64. The van der Waals surface area contributed by atoms with Gasteiger partial charge in [-0.15, -0.1) is 0 Å². The number of para-hydroxylation sites is 3. The molecule has 0 radical (unpaired) electrons. The maximum absolute atomic E-state index is 7.18. The second-order valence-electron chi connectivity index (χ2n) is 25.0. The molecule has 0 saturated heterocycles. The lowest BCUT2D eigenvalue weighted by Crippen LogP contribution is -2.24. The molecule has 0 fully saturated rings. The van der Waals surface area contributed by atoms with Crippen LogP contribution in [0, 0.1) is 0 Å². The largest absolute Gasteiger partial charge is 0.455 e. The van der Waals surface area contributed by atoms with Crippen LogP contribution in [-0.2, 0) is 16.2 Å². The molecule has 0 bridgehead atoms. The van der Waals surface area contributed by atoms with E-state index in [9.17, 15) is 0 Å². The van der Waals surface area contributed by atoms with Crippen LogP contribution in [0.3, 0.4) is 0 Å². The van der Waals surface area contributed by atoms with Crippen molar-refractivity contribution in [1.82, 2.24) is 0 Å². The fourth-order valence-electron chi connectivity index (χ4n) is 15.6. The Bertz CT molecular complexity index is 5030. The van der Waals surface area contributed by atoms with Gasteiger partial charge in [-0.25, -0.2) is 0 Å². The molecule has 0 N–H and O–H groups in total. The van der Waals surface area contributed by atoms with Gasteiger partial charge < -0.3 is 13.7 Å². The Hall–Kier alpha value is -9.96. The molecule has 0 amide bonds. The highest BCUT2D eigenvalue weighted by atomic mass is 16.3. The van der Waals surface area contributed by atoms with Crippen molar-refractivity contribution in [1.29, 1.82) is 0 Å². The zero-order chi connectivity index (χ0) is 56.4. The summed E-state index contributed by atoms with van der Waals surface area (Å²) in [6.07, 6.45) is 0. The minimum Gasteiger partial charge on any atom is -0.455 e. The smallest absolute Gasteiger partial charge is 0.144 e. The van der Waals surface area contributed by atoms with Crippen LogP contribution < -0.4 is 4.90 Å². The Balaban J connectivity index is 0.928. The number of anilines is 3. The highest BCUT2D eigenvalue weighted by Gasteiger charge is 2.49. The summed E-state index contributed by atoms with van der Waals surface area (Å²) < 4.78 is 14.3. The molecule has 84 heavy (non-hydrogen) atoms. The highest BCUT2D eigenvalue weighted by molar-refractivity contribution is 6.22. The van der Waals surface area contributed by atoms with Crippen molar-refractivity contribution in [2.75, 3.05) is 4.90 Å². The molecule has 3 aliphatic rings. The summed E-state index contributed by atoms with van der Waals surface area (Å²) in [6.45, 7) is 14.6. The normalized spacial score (nSPS) is 14.6. The third-order valence-electron chi connectivity index (χ3n) is 19.4. The lowest BCUT2D eigenvalue weighted by atomic mass is 9.72. The van der Waals surface area contributed by atoms with E-state index < -0.39 is 10.8 Å². The molecule has 12 aromatic carbocycles. The van der Waals surface area contributed by atoms with E-state index in [0.29, 0.717) is 0 Å². The predicted octanol–water partition coefficient (Wildman–Crippen LogP) is 22.5. The van der Waals surface area contributed by atoms with E-state index in [1.165, 1.54) is 83.3 Å². The second kappa shape index (κ2) is 17.5. The summed E-state index contributed by atoms with van der Waals surface area (Å²) in [6, 6.07) is 91.7. The zero-order valence-corrected chi connectivity index (χ0v) is 47.9. The first-order chi connectivity index (χ1) is 41.0. The van der Waals surface area contributed by atoms with E-state index in [-0.39, 0.29) is 5.41 Å². The molecule has 17 rings (SSSR count). The van der Waals surface area contributed by atoms with E-state index in [0.717, 1.165) is 88.9 Å². The summed E-state index contributed by atoms with van der Waals surface area (Å²) in [5, 5.41) is 4.66. The van der Waals surface area contributed by atoms with Gasteiger partial charge in [-0.1, -0.05) is 248 Å². The molecule has 2 aromatic heterocycles. The Labute approximate surface area is 489 Å². The van der Waals surface area contributed by atoms with E-state index in [2.05, 4.69) is 295 Å². The van der Waals surface area contributed by atoms with E-state index in [1.54, 1.807) is 0 Å². The van der Waals surface area contributed by atoms with E-state index in [4.69, 9.17) is 8.83 Å². The van der Waals surface area contributed by atoms with Crippen LogP contribution >= 0.6 is 0 Å². The van der Waals surface area contributed by atoms with Gasteiger partial charge in [0.2, 0.25) is 0 Å². The Morgan fingerprint density at radius 3 is 1.32 bits per heavy atom. The van der Waals surface area contributed by atoms with Gasteiger partial charge in [-0.3, -0.25) is 0 Å². The van der Waals surface area contributed by atoms with Crippen LogP contribution in [0.2, 0.25) is 0 Å². The Kier molecular flexibility index (Phi) is 10.2. The average molecular weight is 1080 g/mol. The van der Waals surface area contributed by atoms with Gasteiger partial charge in [0.1, 0.15) is 22.3 Å². The minimum atomic E-state index is -0.416. The van der Waals surface area contributed by atoms with E-state index in [1.807, 2.05) is 0 Å². The zero-order valence-electron chi connectivity index (χ0n) is 47.9. The molecule has 0 aliphatic heterocycles. The molecule has 0 atom stereocenters. The van der Waals surface area contributed by atoms with Crippen LogP contribution in [0.5, 0.6) is 0 Å². The fraction of sp³-hybridized carbons (Fsp3) is 0.111. The molecule has 0 spiro atoms. The van der Waals surface area contributed by atoms with Crippen LogP contribution in [-0.4, -0.2) is 0 Å². The first-order valence-electron chi connectivity index (χ1n) is 29.6. The first kappa shape index (κ1) is 48.7. The van der Waals surface area contributed by atoms with Crippen molar-refractivity contribution in [3.63, 3.8) is 0 Å². The molecular weight excluding hydrogens is 1020 g/mol. The van der Waals surface area contributed by atoms with E-state index >= 15 is 0 Å².